The Bertz CT molecular complexity index is 1100. The van der Waals surface area contributed by atoms with Crippen molar-refractivity contribution in [1.29, 1.82) is 0 Å². The number of carbonyl (C=O) groups is 2. The van der Waals surface area contributed by atoms with E-state index in [1.165, 1.54) is 25.7 Å². The van der Waals surface area contributed by atoms with E-state index >= 15 is 0 Å². The zero-order chi connectivity index (χ0) is 27.6. The highest BCUT2D eigenvalue weighted by Crippen LogP contribution is 2.39. The molecule has 1 heterocycles. The van der Waals surface area contributed by atoms with E-state index < -0.39 is 12.3 Å². The van der Waals surface area contributed by atoms with Crippen LogP contribution in [0.5, 0.6) is 0 Å². The molecular formula is C31H40N2O6. The summed E-state index contributed by atoms with van der Waals surface area (Å²) >= 11 is 0. The predicted octanol–water partition coefficient (Wildman–Crippen LogP) is 5.35. The molecule has 0 spiro atoms. The lowest BCUT2D eigenvalue weighted by atomic mass is 9.99. The summed E-state index contributed by atoms with van der Waals surface area (Å²) in [4.78, 5) is 25.6. The van der Waals surface area contributed by atoms with Crippen LogP contribution in [0.4, 0.5) is 5.69 Å². The number of carboxylic acid groups (broad SMARTS) is 1. The summed E-state index contributed by atoms with van der Waals surface area (Å²) < 4.78 is 13.0. The maximum Gasteiger partial charge on any atom is 0.303 e. The van der Waals surface area contributed by atoms with Gasteiger partial charge in [-0.15, -0.1) is 6.58 Å². The number of anilines is 1. The minimum Gasteiger partial charge on any atom is -0.481 e. The molecule has 0 unspecified atom stereocenters. The molecule has 0 bridgehead atoms. The van der Waals surface area contributed by atoms with Crippen molar-refractivity contribution >= 4 is 17.6 Å². The third-order valence-electron chi connectivity index (χ3n) is 7.49. The predicted molar refractivity (Wildman–Crippen MR) is 149 cm³/mol. The fourth-order valence-electron chi connectivity index (χ4n) is 5.49. The molecule has 4 rings (SSSR count). The number of benzene rings is 2. The van der Waals surface area contributed by atoms with Crippen molar-refractivity contribution in [2.45, 2.75) is 82.5 Å². The van der Waals surface area contributed by atoms with Crippen molar-refractivity contribution < 1.29 is 29.3 Å². The Kier molecular flexibility index (Phi) is 10.7. The number of aliphatic hydroxyl groups excluding tert-OH is 1. The van der Waals surface area contributed by atoms with Gasteiger partial charge in [0.1, 0.15) is 0 Å². The van der Waals surface area contributed by atoms with Crippen molar-refractivity contribution in [3.63, 3.8) is 0 Å². The zero-order valence-corrected chi connectivity index (χ0v) is 22.5. The Morgan fingerprint density at radius 3 is 2.51 bits per heavy atom. The van der Waals surface area contributed by atoms with Gasteiger partial charge in [0.2, 0.25) is 5.91 Å². The number of ether oxygens (including phenoxy) is 2. The molecule has 2 aliphatic rings. The molecule has 0 aromatic heterocycles. The van der Waals surface area contributed by atoms with Gasteiger partial charge in [-0.3, -0.25) is 14.5 Å². The normalized spacial score (nSPS) is 21.6. The number of rotatable bonds is 13. The third kappa shape index (κ3) is 8.47. The lowest BCUT2D eigenvalue weighted by Crippen LogP contribution is -2.43. The van der Waals surface area contributed by atoms with Crippen LogP contribution in [0.1, 0.15) is 80.5 Å². The fourth-order valence-corrected chi connectivity index (χ4v) is 5.49. The smallest absolute Gasteiger partial charge is 0.303 e. The van der Waals surface area contributed by atoms with Gasteiger partial charge in [0, 0.05) is 49.6 Å². The minimum atomic E-state index is -0.911. The number of amides is 1. The number of hydrogen-bond acceptors (Lipinski definition) is 6. The van der Waals surface area contributed by atoms with Crippen LogP contribution >= 0.6 is 0 Å². The summed E-state index contributed by atoms with van der Waals surface area (Å²) in [7, 11) is 0. The van der Waals surface area contributed by atoms with Gasteiger partial charge in [-0.25, -0.2) is 0 Å². The van der Waals surface area contributed by atoms with E-state index in [0.29, 0.717) is 18.2 Å². The van der Waals surface area contributed by atoms with Gasteiger partial charge in [0.15, 0.2) is 6.29 Å². The highest BCUT2D eigenvalue weighted by molar-refractivity contribution is 5.90. The molecule has 210 valence electrons. The molecule has 39 heavy (non-hydrogen) atoms. The first-order valence-corrected chi connectivity index (χ1v) is 13.9. The average Bonchev–Trinajstić information content (AvgIpc) is 3.48. The van der Waals surface area contributed by atoms with Crippen LogP contribution in [0.3, 0.4) is 0 Å². The highest BCUT2D eigenvalue weighted by atomic mass is 16.7. The number of hydrogen-bond donors (Lipinski definition) is 3. The molecule has 1 saturated carbocycles. The van der Waals surface area contributed by atoms with Gasteiger partial charge in [0.05, 0.1) is 18.8 Å². The van der Waals surface area contributed by atoms with E-state index in [0.717, 1.165) is 29.8 Å². The van der Waals surface area contributed by atoms with E-state index in [2.05, 4.69) is 16.8 Å². The molecule has 1 saturated heterocycles. The third-order valence-corrected chi connectivity index (χ3v) is 7.49. The number of nitrogens with zero attached hydrogens (tertiary/aromatic N) is 1. The van der Waals surface area contributed by atoms with Crippen molar-refractivity contribution in [3.8, 4) is 0 Å². The zero-order valence-electron chi connectivity index (χ0n) is 22.5. The highest BCUT2D eigenvalue weighted by Gasteiger charge is 2.34. The second-order valence-corrected chi connectivity index (χ2v) is 10.5. The van der Waals surface area contributed by atoms with Crippen molar-refractivity contribution in [2.24, 2.45) is 0 Å². The molecule has 3 atom stereocenters. The molecule has 1 amide bonds. The second-order valence-electron chi connectivity index (χ2n) is 10.5. The summed E-state index contributed by atoms with van der Waals surface area (Å²) in [5.74, 6) is -1.14. The minimum absolute atomic E-state index is 0.00706. The molecule has 0 radical (unpaired) electrons. The number of carboxylic acids is 1. The van der Waals surface area contributed by atoms with Crippen LogP contribution < -0.4 is 5.32 Å². The first-order valence-electron chi connectivity index (χ1n) is 13.9. The van der Waals surface area contributed by atoms with Crippen LogP contribution in [-0.4, -0.2) is 52.2 Å². The Labute approximate surface area is 230 Å². The van der Waals surface area contributed by atoms with Crippen LogP contribution in [0.2, 0.25) is 0 Å². The Balaban J connectivity index is 1.51. The van der Waals surface area contributed by atoms with E-state index in [1.54, 1.807) is 6.07 Å². The van der Waals surface area contributed by atoms with E-state index in [9.17, 15) is 14.7 Å². The van der Waals surface area contributed by atoms with Crippen molar-refractivity contribution in [2.75, 3.05) is 18.4 Å². The summed E-state index contributed by atoms with van der Waals surface area (Å²) in [5, 5.41) is 21.1. The standard InChI is InChI=1S/C31H40N2O6/c1-2-17-33(26-9-3-4-10-26)20-27-19-28(23-15-13-22(21-34)14-16-23)39-31(38-27)24-7-5-8-25(18-24)32-29(35)11-6-12-30(36)37/h2,5,7-8,13-16,18,26-28,31,34H,1,3-4,6,9-12,17,19-21H2,(H,32,35)(H,36,37)/t27-,28+,31+/m1/s1. The number of aliphatic carboxylic acids is 1. The fraction of sp³-hybridized carbons (Fsp3) is 0.484. The molecule has 8 heteroatoms. The molecular weight excluding hydrogens is 496 g/mol. The van der Waals surface area contributed by atoms with Crippen LogP contribution in [0, 0.1) is 0 Å². The molecule has 1 aliphatic carbocycles. The van der Waals surface area contributed by atoms with Crippen LogP contribution in [0.25, 0.3) is 0 Å². The van der Waals surface area contributed by atoms with Crippen molar-refractivity contribution in [1.82, 2.24) is 4.90 Å². The molecule has 2 aromatic rings. The summed E-state index contributed by atoms with van der Waals surface area (Å²) in [5.41, 5.74) is 3.30. The molecule has 2 aromatic carbocycles. The summed E-state index contributed by atoms with van der Waals surface area (Å²) in [6.45, 7) is 5.56. The Morgan fingerprint density at radius 1 is 1.05 bits per heavy atom. The Hall–Kier alpha value is -3.04. The van der Waals surface area contributed by atoms with Gasteiger partial charge in [-0.05, 0) is 42.5 Å². The van der Waals surface area contributed by atoms with Gasteiger partial charge in [-0.1, -0.05) is 55.3 Å². The van der Waals surface area contributed by atoms with Crippen LogP contribution in [-0.2, 0) is 25.7 Å². The lowest BCUT2D eigenvalue weighted by Gasteiger charge is -2.39. The van der Waals surface area contributed by atoms with E-state index in [1.807, 2.05) is 48.5 Å². The van der Waals surface area contributed by atoms with Crippen molar-refractivity contribution in [3.05, 3.63) is 77.9 Å². The largest absolute Gasteiger partial charge is 0.481 e. The quantitative estimate of drug-likeness (QED) is 0.296. The maximum absolute atomic E-state index is 12.3. The number of aliphatic hydroxyl groups is 1. The van der Waals surface area contributed by atoms with Gasteiger partial charge < -0.3 is 25.0 Å². The first kappa shape index (κ1) is 29.0. The molecule has 8 nitrogen and oxygen atoms in total. The average molecular weight is 537 g/mol. The molecule has 2 fully saturated rings. The van der Waals surface area contributed by atoms with E-state index in [4.69, 9.17) is 14.6 Å². The monoisotopic (exact) mass is 536 g/mol. The SMILES string of the molecule is C=CCN(C[C@H]1C[C@@H](c2ccc(CO)cc2)O[C@@H](c2cccc(NC(=O)CCCC(=O)O)c2)O1)C1CCCC1. The number of carbonyl (C=O) groups excluding carboxylic acids is 1. The number of nitrogens with one attached hydrogen (secondary N) is 1. The second kappa shape index (κ2) is 14.4. The van der Waals surface area contributed by atoms with Gasteiger partial charge >= 0.3 is 5.97 Å². The summed E-state index contributed by atoms with van der Waals surface area (Å²) in [6.07, 6.45) is 7.07. The Morgan fingerprint density at radius 2 is 1.82 bits per heavy atom. The summed E-state index contributed by atoms with van der Waals surface area (Å²) in [6, 6.07) is 15.8. The topological polar surface area (TPSA) is 108 Å². The molecule has 3 N–H and O–H groups in total. The van der Waals surface area contributed by atoms with Gasteiger partial charge in [0.25, 0.3) is 0 Å². The lowest BCUT2D eigenvalue weighted by molar-refractivity contribution is -0.253. The first-order chi connectivity index (χ1) is 18.9. The van der Waals surface area contributed by atoms with E-state index in [-0.39, 0.29) is 44.0 Å². The van der Waals surface area contributed by atoms with Crippen LogP contribution in [0.15, 0.2) is 61.2 Å². The van der Waals surface area contributed by atoms with Gasteiger partial charge in [-0.2, -0.15) is 0 Å². The molecule has 1 aliphatic heterocycles. The maximum atomic E-state index is 12.3.